The number of hydrogen-bond donors (Lipinski definition) is 6. The predicted molar refractivity (Wildman–Crippen MR) is 111 cm³/mol. The van der Waals surface area contributed by atoms with Gasteiger partial charge in [0.15, 0.2) is 0 Å². The summed E-state index contributed by atoms with van der Waals surface area (Å²) < 4.78 is 0. The quantitative estimate of drug-likeness (QED) is 0.242. The van der Waals surface area contributed by atoms with Crippen molar-refractivity contribution in [3.8, 4) is 28.3 Å². The van der Waals surface area contributed by atoms with Crippen LogP contribution in [0.1, 0.15) is 11.1 Å². The first-order valence-corrected chi connectivity index (χ1v) is 8.55. The molecule has 0 unspecified atom stereocenters. The maximum Gasteiger partial charge on any atom is 0.142 e. The highest BCUT2D eigenvalue weighted by molar-refractivity contribution is 5.98. The summed E-state index contributed by atoms with van der Waals surface area (Å²) in [6, 6.07) is 17.9. The molecule has 0 fully saturated rings. The Kier molecular flexibility index (Phi) is 4.04. The van der Waals surface area contributed by atoms with Crippen molar-refractivity contribution in [1.82, 2.24) is 9.97 Å². The molecule has 28 heavy (non-hydrogen) atoms. The normalized spacial score (nSPS) is 10.9. The van der Waals surface area contributed by atoms with E-state index in [0.717, 1.165) is 22.2 Å². The minimum absolute atomic E-state index is 0.0168. The number of rotatable bonds is 4. The Balaban J connectivity index is 1.77. The summed E-state index contributed by atoms with van der Waals surface area (Å²) >= 11 is 0. The molecule has 0 atom stereocenters. The molecule has 0 saturated heterocycles. The summed E-state index contributed by atoms with van der Waals surface area (Å²) in [5.74, 6) is 0.632. The summed E-state index contributed by atoms with van der Waals surface area (Å²) in [5.41, 5.74) is 16.2. The zero-order chi connectivity index (χ0) is 19.8. The van der Waals surface area contributed by atoms with Crippen molar-refractivity contribution in [3.05, 3.63) is 71.8 Å². The van der Waals surface area contributed by atoms with Crippen LogP contribution in [0.25, 0.3) is 33.5 Å². The standard InChI is InChI=1S/C21H18N6O/c22-19(23)12-3-1-11(2-4-12)13-6-8-18(28)15(9-13)21-26-16-7-5-14(20(24)25)10-17(16)27-21/h1-10,28H,(H3,22,23)(H3,24,25)(H,26,27). The topological polar surface area (TPSA) is 149 Å². The maximum atomic E-state index is 10.4. The molecule has 138 valence electrons. The number of hydrogen-bond acceptors (Lipinski definition) is 4. The zero-order valence-corrected chi connectivity index (χ0v) is 14.8. The fraction of sp³-hybridized carbons (Fsp3) is 0. The number of aromatic nitrogens is 2. The fourth-order valence-electron chi connectivity index (χ4n) is 3.05. The Labute approximate surface area is 160 Å². The van der Waals surface area contributed by atoms with Crippen LogP contribution >= 0.6 is 0 Å². The summed E-state index contributed by atoms with van der Waals surface area (Å²) in [4.78, 5) is 7.73. The monoisotopic (exact) mass is 370 g/mol. The van der Waals surface area contributed by atoms with E-state index in [-0.39, 0.29) is 17.4 Å². The number of phenolic OH excluding ortho intramolecular Hbond substituents is 1. The second-order valence-electron chi connectivity index (χ2n) is 6.45. The Morgan fingerprint density at radius 1 is 0.821 bits per heavy atom. The summed E-state index contributed by atoms with van der Waals surface area (Å²) in [6.07, 6.45) is 0. The number of nitrogens with zero attached hydrogens (tertiary/aromatic N) is 1. The van der Waals surface area contributed by atoms with Crippen molar-refractivity contribution >= 4 is 22.7 Å². The van der Waals surface area contributed by atoms with Gasteiger partial charge in [0.1, 0.15) is 23.2 Å². The number of benzene rings is 3. The van der Waals surface area contributed by atoms with Crippen LogP contribution in [-0.2, 0) is 0 Å². The molecule has 4 aromatic rings. The minimum atomic E-state index is -0.0168. The lowest BCUT2D eigenvalue weighted by atomic mass is 10.0. The van der Waals surface area contributed by atoms with Gasteiger partial charge in [-0.1, -0.05) is 30.3 Å². The molecule has 0 spiro atoms. The van der Waals surface area contributed by atoms with E-state index in [1.54, 1.807) is 36.4 Å². The molecule has 7 nitrogen and oxygen atoms in total. The number of H-pyrrole nitrogens is 1. The van der Waals surface area contributed by atoms with Crippen molar-refractivity contribution in [3.63, 3.8) is 0 Å². The molecular weight excluding hydrogens is 352 g/mol. The van der Waals surface area contributed by atoms with Gasteiger partial charge in [-0.15, -0.1) is 0 Å². The van der Waals surface area contributed by atoms with Gasteiger partial charge in [0.25, 0.3) is 0 Å². The molecule has 7 heteroatoms. The first-order valence-electron chi connectivity index (χ1n) is 8.55. The van der Waals surface area contributed by atoms with E-state index in [2.05, 4.69) is 9.97 Å². The average Bonchev–Trinajstić information content (AvgIpc) is 3.11. The van der Waals surface area contributed by atoms with Crippen LogP contribution in [0, 0.1) is 10.8 Å². The number of phenols is 1. The maximum absolute atomic E-state index is 10.4. The lowest BCUT2D eigenvalue weighted by Crippen LogP contribution is -2.10. The van der Waals surface area contributed by atoms with Gasteiger partial charge in [-0.05, 0) is 41.5 Å². The van der Waals surface area contributed by atoms with Gasteiger partial charge >= 0.3 is 0 Å². The Bertz CT molecular complexity index is 1220. The fourth-order valence-corrected chi connectivity index (χ4v) is 3.05. The van der Waals surface area contributed by atoms with E-state index in [9.17, 15) is 5.11 Å². The highest BCUT2D eigenvalue weighted by Crippen LogP contribution is 2.33. The van der Waals surface area contributed by atoms with Gasteiger partial charge in [0.2, 0.25) is 0 Å². The number of aromatic amines is 1. The number of nitrogens with one attached hydrogen (secondary N) is 3. The molecule has 1 aromatic heterocycles. The predicted octanol–water partition coefficient (Wildman–Crippen LogP) is 3.17. The number of fused-ring (bicyclic) bond motifs is 1. The molecule has 3 aromatic carbocycles. The molecule has 0 radical (unpaired) electrons. The van der Waals surface area contributed by atoms with E-state index in [0.29, 0.717) is 22.5 Å². The molecule has 1 heterocycles. The van der Waals surface area contributed by atoms with Crippen LogP contribution in [-0.4, -0.2) is 26.7 Å². The second-order valence-corrected chi connectivity index (χ2v) is 6.45. The first kappa shape index (κ1) is 17.3. The van der Waals surface area contributed by atoms with Gasteiger partial charge < -0.3 is 21.6 Å². The van der Waals surface area contributed by atoms with Gasteiger partial charge in [-0.3, -0.25) is 10.8 Å². The Hall–Kier alpha value is -4.13. The second kappa shape index (κ2) is 6.55. The van der Waals surface area contributed by atoms with Crippen molar-refractivity contribution in [2.45, 2.75) is 0 Å². The van der Waals surface area contributed by atoms with Crippen molar-refractivity contribution in [2.75, 3.05) is 0 Å². The van der Waals surface area contributed by atoms with Gasteiger partial charge in [0, 0.05) is 11.1 Å². The van der Waals surface area contributed by atoms with Crippen LogP contribution in [0.5, 0.6) is 5.75 Å². The van der Waals surface area contributed by atoms with Crippen LogP contribution in [0.3, 0.4) is 0 Å². The lowest BCUT2D eigenvalue weighted by molar-refractivity contribution is 0.477. The van der Waals surface area contributed by atoms with E-state index in [4.69, 9.17) is 22.3 Å². The highest BCUT2D eigenvalue weighted by atomic mass is 16.3. The molecular formula is C21H18N6O. The molecule has 0 amide bonds. The van der Waals surface area contributed by atoms with E-state index in [1.807, 2.05) is 24.3 Å². The number of nitrogens with two attached hydrogens (primary N) is 2. The number of amidine groups is 2. The average molecular weight is 370 g/mol. The van der Waals surface area contributed by atoms with E-state index in [1.165, 1.54) is 0 Å². The third-order valence-electron chi connectivity index (χ3n) is 4.57. The van der Waals surface area contributed by atoms with E-state index >= 15 is 0 Å². The third-order valence-corrected chi connectivity index (χ3v) is 4.57. The van der Waals surface area contributed by atoms with Crippen molar-refractivity contribution < 1.29 is 5.11 Å². The SMILES string of the molecule is N=C(N)c1ccc(-c2ccc(O)c(-c3nc4ccc(C(=N)N)cc4[nH]3)c2)cc1. The first-order chi connectivity index (χ1) is 13.4. The molecule has 0 bridgehead atoms. The minimum Gasteiger partial charge on any atom is -0.507 e. The highest BCUT2D eigenvalue weighted by Gasteiger charge is 2.12. The molecule has 0 aliphatic heterocycles. The molecule has 4 rings (SSSR count). The van der Waals surface area contributed by atoms with Crippen LogP contribution in [0.4, 0.5) is 0 Å². The largest absolute Gasteiger partial charge is 0.507 e. The molecule has 8 N–H and O–H groups in total. The zero-order valence-electron chi connectivity index (χ0n) is 14.8. The smallest absolute Gasteiger partial charge is 0.142 e. The number of nitrogen functional groups attached to an aromatic ring is 2. The summed E-state index contributed by atoms with van der Waals surface area (Å²) in [5, 5.41) is 25.4. The van der Waals surface area contributed by atoms with Crippen molar-refractivity contribution in [2.24, 2.45) is 11.5 Å². The summed E-state index contributed by atoms with van der Waals surface area (Å²) in [6.45, 7) is 0. The Morgan fingerprint density at radius 2 is 1.46 bits per heavy atom. The van der Waals surface area contributed by atoms with Crippen molar-refractivity contribution in [1.29, 1.82) is 10.8 Å². The molecule has 0 aliphatic carbocycles. The Morgan fingerprint density at radius 3 is 2.14 bits per heavy atom. The van der Waals surface area contributed by atoms with E-state index < -0.39 is 0 Å². The van der Waals surface area contributed by atoms with Crippen LogP contribution in [0.2, 0.25) is 0 Å². The molecule has 0 aliphatic rings. The number of imidazole rings is 1. The van der Waals surface area contributed by atoms with Gasteiger partial charge in [-0.25, -0.2) is 4.98 Å². The van der Waals surface area contributed by atoms with Crippen LogP contribution in [0.15, 0.2) is 60.7 Å². The number of aromatic hydroxyl groups is 1. The molecule has 0 saturated carbocycles. The van der Waals surface area contributed by atoms with Crippen LogP contribution < -0.4 is 11.5 Å². The van der Waals surface area contributed by atoms with Gasteiger partial charge in [-0.2, -0.15) is 0 Å². The lowest BCUT2D eigenvalue weighted by Gasteiger charge is -2.07. The van der Waals surface area contributed by atoms with Gasteiger partial charge in [0.05, 0.1) is 16.6 Å². The summed E-state index contributed by atoms with van der Waals surface area (Å²) in [7, 11) is 0. The third kappa shape index (κ3) is 3.05.